The summed E-state index contributed by atoms with van der Waals surface area (Å²) in [6.45, 7) is 0.825. The number of carbonyl (C=O) groups is 1. The molecule has 0 unspecified atom stereocenters. The molecular weight excluding hydrogens is 374 g/mol. The van der Waals surface area contributed by atoms with Gasteiger partial charge < -0.3 is 9.32 Å². The molecule has 1 amide bonds. The van der Waals surface area contributed by atoms with Crippen molar-refractivity contribution in [2.24, 2.45) is 0 Å². The molecule has 30 heavy (non-hydrogen) atoms. The van der Waals surface area contributed by atoms with Gasteiger partial charge in [-0.3, -0.25) is 9.78 Å². The second kappa shape index (κ2) is 7.79. The summed E-state index contributed by atoms with van der Waals surface area (Å²) in [4.78, 5) is 23.9. The number of hydrogen-bond acceptors (Lipinski definition) is 4. The normalized spacial score (nSPS) is 11.1. The molecule has 5 nitrogen and oxygen atoms in total. The Labute approximate surface area is 173 Å². The number of para-hydroxylation sites is 1. The maximum Gasteiger partial charge on any atom is 0.273 e. The van der Waals surface area contributed by atoms with Crippen LogP contribution in [0.25, 0.3) is 21.9 Å². The van der Waals surface area contributed by atoms with E-state index >= 15 is 0 Å². The quantitative estimate of drug-likeness (QED) is 0.411. The number of pyridine rings is 2. The van der Waals surface area contributed by atoms with Crippen molar-refractivity contribution in [2.75, 3.05) is 0 Å². The molecule has 0 N–H and O–H groups in total. The molecule has 0 spiro atoms. The highest BCUT2D eigenvalue weighted by atomic mass is 16.3. The van der Waals surface area contributed by atoms with Gasteiger partial charge in [-0.1, -0.05) is 48.5 Å². The first-order valence-corrected chi connectivity index (χ1v) is 9.78. The van der Waals surface area contributed by atoms with E-state index in [-0.39, 0.29) is 5.91 Å². The Kier molecular flexibility index (Phi) is 4.69. The molecule has 0 aliphatic heterocycles. The van der Waals surface area contributed by atoms with Crippen LogP contribution in [0, 0.1) is 0 Å². The van der Waals surface area contributed by atoms with Crippen molar-refractivity contribution in [1.29, 1.82) is 0 Å². The van der Waals surface area contributed by atoms with Crippen LogP contribution in [0.1, 0.15) is 21.8 Å². The van der Waals surface area contributed by atoms with Gasteiger partial charge >= 0.3 is 0 Å². The number of carbonyl (C=O) groups excluding carboxylic acids is 1. The molecule has 2 aromatic carbocycles. The zero-order valence-corrected chi connectivity index (χ0v) is 16.2. The minimum atomic E-state index is -0.141. The summed E-state index contributed by atoms with van der Waals surface area (Å²) in [7, 11) is 0. The van der Waals surface area contributed by atoms with Crippen LogP contribution < -0.4 is 0 Å². The second-order valence-electron chi connectivity index (χ2n) is 7.16. The van der Waals surface area contributed by atoms with E-state index in [1.165, 1.54) is 0 Å². The molecule has 3 heterocycles. The Bertz CT molecular complexity index is 1300. The lowest BCUT2D eigenvalue weighted by Crippen LogP contribution is -2.30. The minimum absolute atomic E-state index is 0.141. The number of rotatable bonds is 5. The molecule has 0 saturated heterocycles. The predicted molar refractivity (Wildman–Crippen MR) is 116 cm³/mol. The van der Waals surface area contributed by atoms with E-state index in [9.17, 15) is 4.79 Å². The van der Waals surface area contributed by atoms with Gasteiger partial charge in [0, 0.05) is 29.7 Å². The maximum atomic E-state index is 13.4. The van der Waals surface area contributed by atoms with E-state index in [1.54, 1.807) is 23.4 Å². The average Bonchev–Trinajstić information content (AvgIpc) is 3.21. The summed E-state index contributed by atoms with van der Waals surface area (Å²) in [6.07, 6.45) is 3.42. The molecule has 5 rings (SSSR count). The molecule has 3 aromatic heterocycles. The monoisotopic (exact) mass is 393 g/mol. The smallest absolute Gasteiger partial charge is 0.273 e. The van der Waals surface area contributed by atoms with Crippen LogP contribution in [-0.2, 0) is 13.1 Å². The van der Waals surface area contributed by atoms with Gasteiger partial charge in [-0.2, -0.15) is 0 Å². The van der Waals surface area contributed by atoms with E-state index in [4.69, 9.17) is 4.42 Å². The van der Waals surface area contributed by atoms with Gasteiger partial charge in [-0.05, 0) is 35.9 Å². The van der Waals surface area contributed by atoms with Crippen molar-refractivity contribution in [3.8, 4) is 0 Å². The van der Waals surface area contributed by atoms with Crippen molar-refractivity contribution < 1.29 is 9.21 Å². The van der Waals surface area contributed by atoms with Crippen molar-refractivity contribution in [3.05, 3.63) is 108 Å². The molecule has 0 fully saturated rings. The summed E-state index contributed by atoms with van der Waals surface area (Å²) >= 11 is 0. The first-order chi connectivity index (χ1) is 14.8. The molecule has 0 atom stereocenters. The van der Waals surface area contributed by atoms with Crippen LogP contribution in [-0.4, -0.2) is 20.8 Å². The van der Waals surface area contributed by atoms with Gasteiger partial charge in [-0.15, -0.1) is 0 Å². The number of fused-ring (bicyclic) bond motifs is 2. The third kappa shape index (κ3) is 3.65. The predicted octanol–water partition coefficient (Wildman–Crippen LogP) is 5.22. The van der Waals surface area contributed by atoms with E-state index in [0.717, 1.165) is 33.2 Å². The van der Waals surface area contributed by atoms with Gasteiger partial charge in [0.05, 0.1) is 12.1 Å². The van der Waals surface area contributed by atoms with E-state index in [2.05, 4.69) is 9.97 Å². The largest absolute Gasteiger partial charge is 0.459 e. The van der Waals surface area contributed by atoms with Crippen LogP contribution in [0.2, 0.25) is 0 Å². The fourth-order valence-electron chi connectivity index (χ4n) is 3.55. The van der Waals surface area contributed by atoms with Crippen molar-refractivity contribution in [2.45, 2.75) is 13.1 Å². The molecule has 0 bridgehead atoms. The van der Waals surface area contributed by atoms with Crippen LogP contribution in [0.5, 0.6) is 0 Å². The van der Waals surface area contributed by atoms with Crippen LogP contribution >= 0.6 is 0 Å². The fraction of sp³-hybridized carbons (Fsp3) is 0.0800. The van der Waals surface area contributed by atoms with Gasteiger partial charge in [0.1, 0.15) is 17.0 Å². The van der Waals surface area contributed by atoms with Gasteiger partial charge in [-0.25, -0.2) is 4.98 Å². The van der Waals surface area contributed by atoms with Crippen LogP contribution in [0.3, 0.4) is 0 Å². The summed E-state index contributed by atoms with van der Waals surface area (Å²) in [5.74, 6) is 0.600. The Morgan fingerprint density at radius 1 is 0.867 bits per heavy atom. The minimum Gasteiger partial charge on any atom is -0.459 e. The molecule has 0 aliphatic carbocycles. The summed E-state index contributed by atoms with van der Waals surface area (Å²) in [5, 5.41) is 1.93. The lowest BCUT2D eigenvalue weighted by Gasteiger charge is -2.21. The standard InChI is InChI=1S/C25H19N3O2/c29-25(23-11-10-20-15-26-13-12-22(20)27-23)28(16-18-6-2-1-3-7-18)17-21-14-19-8-4-5-9-24(19)30-21/h1-15H,16-17H2. The molecule has 5 heteroatoms. The third-order valence-electron chi connectivity index (χ3n) is 5.04. The highest BCUT2D eigenvalue weighted by Gasteiger charge is 2.20. The topological polar surface area (TPSA) is 59.2 Å². The van der Waals surface area contributed by atoms with Gasteiger partial charge in [0.2, 0.25) is 0 Å². The van der Waals surface area contributed by atoms with E-state index < -0.39 is 0 Å². The van der Waals surface area contributed by atoms with Crippen molar-refractivity contribution in [1.82, 2.24) is 14.9 Å². The third-order valence-corrected chi connectivity index (χ3v) is 5.04. The number of hydrogen-bond donors (Lipinski definition) is 0. The van der Waals surface area contributed by atoms with Crippen LogP contribution in [0.4, 0.5) is 0 Å². The number of amides is 1. The first kappa shape index (κ1) is 18.1. The van der Waals surface area contributed by atoms with E-state index in [1.807, 2.05) is 72.8 Å². The first-order valence-electron chi connectivity index (χ1n) is 9.78. The average molecular weight is 393 g/mol. The molecule has 0 radical (unpaired) electrons. The zero-order chi connectivity index (χ0) is 20.3. The van der Waals surface area contributed by atoms with Crippen molar-refractivity contribution in [3.63, 3.8) is 0 Å². The number of benzene rings is 2. The van der Waals surface area contributed by atoms with Gasteiger partial charge in [0.25, 0.3) is 5.91 Å². The molecule has 5 aromatic rings. The lowest BCUT2D eigenvalue weighted by molar-refractivity contribution is 0.0713. The highest BCUT2D eigenvalue weighted by Crippen LogP contribution is 2.22. The van der Waals surface area contributed by atoms with E-state index in [0.29, 0.717) is 18.8 Å². The number of aromatic nitrogens is 2. The summed E-state index contributed by atoms with van der Waals surface area (Å²) < 4.78 is 5.97. The Morgan fingerprint density at radius 2 is 1.70 bits per heavy atom. The Balaban J connectivity index is 1.49. The number of furan rings is 1. The molecular formula is C25H19N3O2. The Morgan fingerprint density at radius 3 is 2.57 bits per heavy atom. The number of nitrogens with zero attached hydrogens (tertiary/aromatic N) is 3. The SMILES string of the molecule is O=C(c1ccc2cnccc2n1)N(Cc1ccccc1)Cc1cc2ccccc2o1. The van der Waals surface area contributed by atoms with Crippen molar-refractivity contribution >= 4 is 27.8 Å². The summed E-state index contributed by atoms with van der Waals surface area (Å²) in [6, 6.07) is 25.2. The maximum absolute atomic E-state index is 13.4. The van der Waals surface area contributed by atoms with Gasteiger partial charge in [0.15, 0.2) is 0 Å². The van der Waals surface area contributed by atoms with Crippen LogP contribution in [0.15, 0.2) is 95.7 Å². The Hall–Kier alpha value is -3.99. The second-order valence-corrected chi connectivity index (χ2v) is 7.16. The molecule has 0 saturated carbocycles. The lowest BCUT2D eigenvalue weighted by atomic mass is 10.2. The molecule has 146 valence electrons. The summed E-state index contributed by atoms with van der Waals surface area (Å²) in [5.41, 5.74) is 3.02. The highest BCUT2D eigenvalue weighted by molar-refractivity contribution is 5.94. The zero-order valence-electron chi connectivity index (χ0n) is 16.2. The fourth-order valence-corrected chi connectivity index (χ4v) is 3.55. The molecule has 0 aliphatic rings.